The number of hydrogen-bond donors (Lipinski definition) is 1. The van der Waals surface area contributed by atoms with Gasteiger partial charge in [-0.25, -0.2) is 0 Å². The van der Waals surface area contributed by atoms with E-state index in [1.807, 2.05) is 0 Å². The van der Waals surface area contributed by atoms with Gasteiger partial charge in [0, 0.05) is 0 Å². The number of carbonyl (C=O) groups excluding carboxylic acids is 1. The van der Waals surface area contributed by atoms with E-state index in [4.69, 9.17) is 10.2 Å². The van der Waals surface area contributed by atoms with Gasteiger partial charge in [0.1, 0.15) is 11.5 Å². The van der Waals surface area contributed by atoms with Gasteiger partial charge in [-0.3, -0.25) is 4.79 Å². The summed E-state index contributed by atoms with van der Waals surface area (Å²) >= 11 is 0. The second-order valence-corrected chi connectivity index (χ2v) is 2.16. The highest BCUT2D eigenvalue weighted by Gasteiger charge is 2.09. The number of hydrogen-bond acceptors (Lipinski definition) is 3. The summed E-state index contributed by atoms with van der Waals surface area (Å²) in [5.74, 6) is 1.20. The lowest BCUT2D eigenvalue weighted by molar-refractivity contribution is 0.112. The second-order valence-electron chi connectivity index (χ2n) is 2.16. The van der Waals surface area contributed by atoms with Gasteiger partial charge in [0.15, 0.2) is 6.29 Å². The Morgan fingerprint density at radius 3 is 2.20 bits per heavy atom. The molecule has 1 aromatic rings. The first-order valence-corrected chi connectivity index (χ1v) is 2.97. The number of rotatable bonds is 1. The highest BCUT2D eigenvalue weighted by molar-refractivity contribution is 5.85. The maximum Gasteiger partial charge on any atom is 0.155 e. The maximum atomic E-state index is 10.3. The molecule has 0 unspecified atom stereocenters. The van der Waals surface area contributed by atoms with Gasteiger partial charge in [-0.15, -0.1) is 0 Å². The fraction of sp³-hybridized carbons (Fsp3) is 0.286. The summed E-state index contributed by atoms with van der Waals surface area (Å²) < 4.78 is 5.08. The van der Waals surface area contributed by atoms with Crippen LogP contribution in [-0.4, -0.2) is 6.29 Å². The van der Waals surface area contributed by atoms with E-state index in [1.54, 1.807) is 13.8 Å². The molecule has 1 rings (SSSR count). The van der Waals surface area contributed by atoms with Crippen LogP contribution in [0.1, 0.15) is 21.9 Å². The van der Waals surface area contributed by atoms with Gasteiger partial charge >= 0.3 is 0 Å². The van der Waals surface area contributed by atoms with Crippen molar-refractivity contribution in [2.24, 2.45) is 0 Å². The van der Waals surface area contributed by atoms with Crippen LogP contribution in [0.4, 0.5) is 5.69 Å². The topological polar surface area (TPSA) is 56.2 Å². The highest BCUT2D eigenvalue weighted by atomic mass is 16.3. The zero-order chi connectivity index (χ0) is 7.72. The average Bonchev–Trinajstić information content (AvgIpc) is 2.09. The van der Waals surface area contributed by atoms with Gasteiger partial charge in [-0.2, -0.15) is 0 Å². The lowest BCUT2D eigenvalue weighted by Crippen LogP contribution is -1.90. The molecule has 0 fully saturated rings. The van der Waals surface area contributed by atoms with Crippen LogP contribution in [0.3, 0.4) is 0 Å². The quantitative estimate of drug-likeness (QED) is 0.596. The number of nitrogens with two attached hydrogens (primary N) is 1. The molecule has 0 aromatic carbocycles. The molecule has 0 atom stereocenters. The minimum Gasteiger partial charge on any atom is -0.464 e. The largest absolute Gasteiger partial charge is 0.464 e. The maximum absolute atomic E-state index is 10.3. The van der Waals surface area contributed by atoms with Crippen molar-refractivity contribution >= 4 is 12.0 Å². The van der Waals surface area contributed by atoms with E-state index in [2.05, 4.69) is 0 Å². The third-order valence-electron chi connectivity index (χ3n) is 1.47. The summed E-state index contributed by atoms with van der Waals surface area (Å²) in [7, 11) is 0. The molecule has 54 valence electrons. The Morgan fingerprint density at radius 1 is 1.40 bits per heavy atom. The molecule has 2 N–H and O–H groups in total. The van der Waals surface area contributed by atoms with Crippen LogP contribution in [0.15, 0.2) is 4.42 Å². The van der Waals surface area contributed by atoms with Crippen molar-refractivity contribution in [1.82, 2.24) is 0 Å². The molecule has 0 amide bonds. The summed E-state index contributed by atoms with van der Waals surface area (Å²) in [5.41, 5.74) is 6.41. The van der Waals surface area contributed by atoms with Crippen molar-refractivity contribution in [2.75, 3.05) is 5.73 Å². The molecule has 0 spiro atoms. The smallest absolute Gasteiger partial charge is 0.155 e. The fourth-order valence-electron chi connectivity index (χ4n) is 0.865. The first-order chi connectivity index (χ1) is 4.66. The Morgan fingerprint density at radius 2 is 2.00 bits per heavy atom. The molecule has 0 aliphatic rings. The summed E-state index contributed by atoms with van der Waals surface area (Å²) in [5, 5.41) is 0. The predicted octanol–water partition coefficient (Wildman–Crippen LogP) is 1.29. The Bertz CT molecular complexity index is 263. The molecule has 0 bridgehead atoms. The summed E-state index contributed by atoms with van der Waals surface area (Å²) in [6.07, 6.45) is 0.709. The van der Waals surface area contributed by atoms with Crippen LogP contribution in [-0.2, 0) is 0 Å². The van der Waals surface area contributed by atoms with E-state index in [9.17, 15) is 4.79 Å². The van der Waals surface area contributed by atoms with Crippen molar-refractivity contribution in [3.8, 4) is 0 Å². The first kappa shape index (κ1) is 6.86. The van der Waals surface area contributed by atoms with Crippen molar-refractivity contribution < 1.29 is 9.21 Å². The van der Waals surface area contributed by atoms with Crippen LogP contribution in [0.2, 0.25) is 0 Å². The molecular weight excluding hydrogens is 130 g/mol. The Labute approximate surface area is 58.8 Å². The molecule has 0 aliphatic carbocycles. The number of aryl methyl sites for hydroxylation is 2. The molecule has 0 aliphatic heterocycles. The van der Waals surface area contributed by atoms with E-state index < -0.39 is 0 Å². The molecular formula is C7H9NO2. The molecule has 0 radical (unpaired) electrons. The number of aldehydes is 1. The number of carbonyl (C=O) groups is 1. The van der Waals surface area contributed by atoms with E-state index in [0.29, 0.717) is 29.1 Å². The van der Waals surface area contributed by atoms with Crippen molar-refractivity contribution in [1.29, 1.82) is 0 Å². The molecule has 1 heterocycles. The minimum atomic E-state index is 0.451. The normalized spacial score (nSPS) is 9.80. The van der Waals surface area contributed by atoms with E-state index in [1.165, 1.54) is 0 Å². The zero-order valence-electron chi connectivity index (χ0n) is 5.97. The van der Waals surface area contributed by atoms with E-state index in [-0.39, 0.29) is 0 Å². The fourth-order valence-corrected chi connectivity index (χ4v) is 0.865. The van der Waals surface area contributed by atoms with Crippen molar-refractivity contribution in [3.63, 3.8) is 0 Å². The zero-order valence-corrected chi connectivity index (χ0v) is 5.97. The molecule has 0 saturated heterocycles. The van der Waals surface area contributed by atoms with Gasteiger partial charge in [0.25, 0.3) is 0 Å². The lowest BCUT2D eigenvalue weighted by atomic mass is 10.2. The van der Waals surface area contributed by atoms with Crippen molar-refractivity contribution in [3.05, 3.63) is 17.1 Å². The number of anilines is 1. The molecule has 10 heavy (non-hydrogen) atoms. The summed E-state index contributed by atoms with van der Waals surface area (Å²) in [4.78, 5) is 10.3. The molecule has 3 nitrogen and oxygen atoms in total. The average molecular weight is 139 g/mol. The van der Waals surface area contributed by atoms with Crippen molar-refractivity contribution in [2.45, 2.75) is 13.8 Å². The molecule has 1 aromatic heterocycles. The highest BCUT2D eigenvalue weighted by Crippen LogP contribution is 2.21. The van der Waals surface area contributed by atoms with Crippen LogP contribution in [0.25, 0.3) is 0 Å². The van der Waals surface area contributed by atoms with Crippen LogP contribution >= 0.6 is 0 Å². The molecule has 0 saturated carbocycles. The van der Waals surface area contributed by atoms with Crippen LogP contribution in [0, 0.1) is 13.8 Å². The first-order valence-electron chi connectivity index (χ1n) is 2.97. The van der Waals surface area contributed by atoms with Gasteiger partial charge in [0.2, 0.25) is 0 Å². The second kappa shape index (κ2) is 2.17. The van der Waals surface area contributed by atoms with E-state index >= 15 is 0 Å². The number of furan rings is 1. The molecule has 3 heteroatoms. The predicted molar refractivity (Wildman–Crippen MR) is 38.0 cm³/mol. The minimum absolute atomic E-state index is 0.451. The Kier molecular flexibility index (Phi) is 1.49. The third-order valence-corrected chi connectivity index (χ3v) is 1.47. The standard InChI is InChI=1S/C7H9NO2/c1-4-6(3-9)7(8)5(2)10-4/h3H,8H2,1-2H3. The van der Waals surface area contributed by atoms with Crippen LogP contribution in [0.5, 0.6) is 0 Å². The summed E-state index contributed by atoms with van der Waals surface area (Å²) in [6, 6.07) is 0. The number of nitrogen functional groups attached to an aromatic ring is 1. The van der Waals surface area contributed by atoms with Gasteiger partial charge in [0.05, 0.1) is 11.3 Å². The van der Waals surface area contributed by atoms with Gasteiger partial charge in [-0.1, -0.05) is 0 Å². The van der Waals surface area contributed by atoms with Gasteiger partial charge in [-0.05, 0) is 13.8 Å². The SMILES string of the molecule is Cc1oc(C)c(C=O)c1N. The third kappa shape index (κ3) is 0.795. The Balaban J connectivity index is 3.33. The summed E-state index contributed by atoms with van der Waals surface area (Å²) in [6.45, 7) is 3.45. The van der Waals surface area contributed by atoms with Crippen LogP contribution < -0.4 is 5.73 Å². The van der Waals surface area contributed by atoms with Gasteiger partial charge < -0.3 is 10.2 Å². The lowest BCUT2D eigenvalue weighted by Gasteiger charge is -1.85. The van der Waals surface area contributed by atoms with E-state index in [0.717, 1.165) is 0 Å². The monoisotopic (exact) mass is 139 g/mol. The Hall–Kier alpha value is -1.25.